The topological polar surface area (TPSA) is 108 Å². The number of Topliss-reactive ketones (excluding diaryl/α,β-unsaturated/α-hetero) is 2. The first-order valence-electron chi connectivity index (χ1n) is 9.01. The lowest BCUT2D eigenvalue weighted by atomic mass is 9.91. The van der Waals surface area contributed by atoms with E-state index in [0.29, 0.717) is 5.88 Å². The minimum absolute atomic E-state index is 0.00257. The number of azo groups is 1. The second-order valence-corrected chi connectivity index (χ2v) is 6.60. The first-order valence-corrected chi connectivity index (χ1v) is 9.01. The van der Waals surface area contributed by atoms with Crippen molar-refractivity contribution in [3.8, 4) is 5.88 Å². The maximum Gasteiger partial charge on any atom is 0.258 e. The Morgan fingerprint density at radius 3 is 2.83 bits per heavy atom. The van der Waals surface area contributed by atoms with E-state index in [1.807, 2.05) is 24.3 Å². The Balaban J connectivity index is 1.54. The first kappa shape index (κ1) is 17.7. The number of methoxy groups -OCH3 is 1. The zero-order valence-corrected chi connectivity index (χ0v) is 15.7. The lowest BCUT2D eigenvalue weighted by molar-refractivity contribution is -0.464. The fraction of sp³-hybridized carbons (Fsp3) is 0.0455. The third kappa shape index (κ3) is 2.58. The molecule has 0 saturated heterocycles. The normalized spacial score (nSPS) is 17.1. The van der Waals surface area contributed by atoms with Crippen LogP contribution in [0.15, 0.2) is 81.3 Å². The van der Waals surface area contributed by atoms with Gasteiger partial charge >= 0.3 is 0 Å². The molecule has 0 radical (unpaired) electrons. The van der Waals surface area contributed by atoms with Crippen molar-refractivity contribution in [2.24, 2.45) is 5.11 Å². The number of pyridine rings is 1. The Morgan fingerprint density at radius 1 is 1.13 bits per heavy atom. The first-order chi connectivity index (χ1) is 14.6. The van der Waals surface area contributed by atoms with E-state index in [-0.39, 0.29) is 33.2 Å². The Labute approximate surface area is 169 Å². The van der Waals surface area contributed by atoms with Crippen LogP contribution in [0.2, 0.25) is 0 Å². The third-order valence-corrected chi connectivity index (χ3v) is 4.91. The highest BCUT2D eigenvalue weighted by Crippen LogP contribution is 2.36. The fourth-order valence-corrected chi connectivity index (χ4v) is 3.49. The van der Waals surface area contributed by atoms with Crippen LogP contribution in [0.25, 0.3) is 17.0 Å². The van der Waals surface area contributed by atoms with Gasteiger partial charge in [0.1, 0.15) is 5.57 Å². The minimum Gasteiger partial charge on any atom is -0.594 e. The molecule has 8 heteroatoms. The van der Waals surface area contributed by atoms with Gasteiger partial charge in [0.2, 0.25) is 17.4 Å². The largest absolute Gasteiger partial charge is 0.594 e. The summed E-state index contributed by atoms with van der Waals surface area (Å²) in [4.78, 5) is 30.0. The van der Waals surface area contributed by atoms with Crippen LogP contribution in [0.5, 0.6) is 5.88 Å². The van der Waals surface area contributed by atoms with Gasteiger partial charge in [0.15, 0.2) is 5.76 Å². The van der Waals surface area contributed by atoms with Crippen molar-refractivity contribution in [3.63, 3.8) is 0 Å². The van der Waals surface area contributed by atoms with E-state index in [4.69, 9.17) is 9.15 Å². The van der Waals surface area contributed by atoms with Gasteiger partial charge in [0, 0.05) is 28.2 Å². The number of rotatable bonds is 3. The van der Waals surface area contributed by atoms with Gasteiger partial charge < -0.3 is 14.4 Å². The molecule has 1 aromatic carbocycles. The molecule has 0 N–H and O–H groups in total. The molecule has 1 aliphatic heterocycles. The van der Waals surface area contributed by atoms with E-state index in [9.17, 15) is 14.8 Å². The minimum atomic E-state index is -0.580. The number of ketones is 2. The van der Waals surface area contributed by atoms with Crippen LogP contribution in [-0.4, -0.2) is 28.5 Å². The number of hydroxylamine groups is 1. The molecule has 0 spiro atoms. The van der Waals surface area contributed by atoms with Crippen molar-refractivity contribution >= 4 is 28.5 Å². The number of para-hydroxylation sites is 1. The van der Waals surface area contributed by atoms with Crippen LogP contribution < -0.4 is 4.74 Å². The average molecular weight is 399 g/mol. The summed E-state index contributed by atoms with van der Waals surface area (Å²) >= 11 is 0. The highest BCUT2D eigenvalue weighted by Gasteiger charge is 2.44. The lowest BCUT2D eigenvalue weighted by Gasteiger charge is -2.07. The summed E-state index contributed by atoms with van der Waals surface area (Å²) in [5, 5.41) is 16.9. The number of hydrogen-bond acceptors (Lipinski definition) is 7. The van der Waals surface area contributed by atoms with Crippen LogP contribution in [0, 0.1) is 5.21 Å². The molecule has 0 amide bonds. The van der Waals surface area contributed by atoms with Gasteiger partial charge in [-0.1, -0.05) is 30.4 Å². The number of ether oxygens (including phenoxy) is 1. The van der Waals surface area contributed by atoms with Gasteiger partial charge in [-0.05, 0) is 17.0 Å². The Kier molecular flexibility index (Phi) is 3.92. The summed E-state index contributed by atoms with van der Waals surface area (Å²) < 4.78 is 10.3. The number of benzene rings is 1. The van der Waals surface area contributed by atoms with Crippen LogP contribution in [0.4, 0.5) is 0 Å². The summed E-state index contributed by atoms with van der Waals surface area (Å²) in [5.74, 6) is -0.655. The quantitative estimate of drug-likeness (QED) is 0.486. The van der Waals surface area contributed by atoms with Gasteiger partial charge in [-0.2, -0.15) is 0 Å². The second kappa shape index (κ2) is 6.63. The van der Waals surface area contributed by atoms with Gasteiger partial charge in [0.25, 0.3) is 11.5 Å². The molecule has 5 rings (SSSR count). The molecule has 0 saturated carbocycles. The standard InChI is InChI=1S/C22H13N3O5/c1-29-16-9-8-13-5-2-4-12(18(13)23-16)6-3-7-15-17-19(24-25(15)28)21(27)22-14(20(17)26)10-11-30-22/h2-11H,1H3/b6-3+,15-7-. The number of furan rings is 1. The molecule has 2 aliphatic rings. The molecule has 30 heavy (non-hydrogen) atoms. The molecule has 0 unspecified atom stereocenters. The molecule has 0 atom stereocenters. The monoisotopic (exact) mass is 399 g/mol. The maximum atomic E-state index is 12.8. The number of fused-ring (bicyclic) bond motifs is 2. The number of allylic oxidation sites excluding steroid dienone is 4. The molecular weight excluding hydrogens is 386 g/mol. The fourth-order valence-electron chi connectivity index (χ4n) is 3.49. The van der Waals surface area contributed by atoms with E-state index in [1.54, 1.807) is 25.3 Å². The Bertz CT molecular complexity index is 1370. The summed E-state index contributed by atoms with van der Waals surface area (Å²) in [6.45, 7) is 0. The van der Waals surface area contributed by atoms with E-state index in [1.165, 1.54) is 18.4 Å². The molecular formula is C22H13N3O5. The van der Waals surface area contributed by atoms with Gasteiger partial charge in [-0.25, -0.2) is 4.98 Å². The van der Waals surface area contributed by atoms with Crippen molar-refractivity contribution in [2.45, 2.75) is 0 Å². The second-order valence-electron chi connectivity index (χ2n) is 6.60. The van der Waals surface area contributed by atoms with Crippen LogP contribution in [0.3, 0.4) is 0 Å². The van der Waals surface area contributed by atoms with E-state index < -0.39 is 11.6 Å². The van der Waals surface area contributed by atoms with Crippen molar-refractivity contribution in [3.05, 3.63) is 93.9 Å². The van der Waals surface area contributed by atoms with Crippen LogP contribution in [0.1, 0.15) is 26.5 Å². The number of nitrogens with zero attached hydrogens (tertiary/aromatic N) is 3. The zero-order chi connectivity index (χ0) is 20.8. The number of hydrogen-bond donors (Lipinski definition) is 0. The number of carbonyl (C=O) groups excluding carboxylic acids is 2. The lowest BCUT2D eigenvalue weighted by Crippen LogP contribution is -2.19. The predicted molar refractivity (Wildman–Crippen MR) is 106 cm³/mol. The van der Waals surface area contributed by atoms with Crippen molar-refractivity contribution in [1.29, 1.82) is 0 Å². The van der Waals surface area contributed by atoms with E-state index in [0.717, 1.165) is 16.5 Å². The zero-order valence-electron chi connectivity index (χ0n) is 15.7. The average Bonchev–Trinajstić information content (AvgIpc) is 3.38. The molecule has 3 heterocycles. The molecule has 0 fully saturated rings. The molecule has 3 aromatic rings. The highest BCUT2D eigenvalue weighted by atomic mass is 16.5. The highest BCUT2D eigenvalue weighted by molar-refractivity contribution is 6.27. The summed E-state index contributed by atoms with van der Waals surface area (Å²) in [5.41, 5.74) is 1.43. The van der Waals surface area contributed by atoms with Gasteiger partial charge in [-0.15, -0.1) is 0 Å². The van der Waals surface area contributed by atoms with Gasteiger partial charge in [0.05, 0.1) is 24.5 Å². The Morgan fingerprint density at radius 2 is 2.00 bits per heavy atom. The predicted octanol–water partition coefficient (Wildman–Crippen LogP) is 4.04. The third-order valence-electron chi connectivity index (χ3n) is 4.91. The van der Waals surface area contributed by atoms with Crippen LogP contribution in [-0.2, 0) is 0 Å². The maximum absolute atomic E-state index is 12.8. The molecule has 146 valence electrons. The molecule has 1 aliphatic carbocycles. The van der Waals surface area contributed by atoms with Crippen molar-refractivity contribution < 1.29 is 23.6 Å². The summed E-state index contributed by atoms with van der Waals surface area (Å²) in [7, 11) is 1.54. The van der Waals surface area contributed by atoms with Crippen molar-refractivity contribution in [1.82, 2.24) is 4.98 Å². The summed E-state index contributed by atoms with van der Waals surface area (Å²) in [6.07, 6.45) is 6.09. The van der Waals surface area contributed by atoms with Gasteiger partial charge in [-0.3, -0.25) is 9.59 Å². The number of carbonyl (C=O) groups is 2. The molecule has 8 nitrogen and oxygen atoms in total. The SMILES string of the molecule is COc1ccc2cccc(/C=C/C=C3/C4=C(N=[N+]3[O-])C(=O)c3occc3C4=O)c2n1. The van der Waals surface area contributed by atoms with Crippen LogP contribution >= 0.6 is 0 Å². The number of aromatic nitrogens is 1. The molecule has 2 aromatic heterocycles. The summed E-state index contributed by atoms with van der Waals surface area (Å²) in [6, 6.07) is 10.8. The smallest absolute Gasteiger partial charge is 0.258 e. The van der Waals surface area contributed by atoms with Crippen molar-refractivity contribution in [2.75, 3.05) is 7.11 Å². The molecule has 0 bridgehead atoms. The Hall–Kier alpha value is -4.33. The van der Waals surface area contributed by atoms with E-state index >= 15 is 0 Å². The van der Waals surface area contributed by atoms with E-state index in [2.05, 4.69) is 10.1 Å².